The first-order chi connectivity index (χ1) is 13.5. The van der Waals surface area contributed by atoms with Crippen molar-refractivity contribution in [3.63, 3.8) is 0 Å². The minimum absolute atomic E-state index is 0.0133. The number of amides is 1. The fourth-order valence-corrected chi connectivity index (χ4v) is 4.38. The molecule has 1 saturated heterocycles. The van der Waals surface area contributed by atoms with Gasteiger partial charge >= 0.3 is 0 Å². The van der Waals surface area contributed by atoms with Crippen molar-refractivity contribution >= 4 is 16.8 Å². The third kappa shape index (κ3) is 3.70. The number of fused-ring (bicyclic) bond motifs is 2. The van der Waals surface area contributed by atoms with Crippen LogP contribution in [0.2, 0.25) is 0 Å². The number of hydrogen-bond donors (Lipinski definition) is 0. The fourth-order valence-electron chi connectivity index (χ4n) is 4.38. The van der Waals surface area contributed by atoms with Gasteiger partial charge in [0, 0.05) is 50.7 Å². The molecule has 6 heteroatoms. The monoisotopic (exact) mass is 382 g/mol. The van der Waals surface area contributed by atoms with Gasteiger partial charge in [-0.1, -0.05) is 12.8 Å². The van der Waals surface area contributed by atoms with Crippen molar-refractivity contribution in [3.8, 4) is 0 Å². The predicted octanol–water partition coefficient (Wildman–Crippen LogP) is 2.68. The molecule has 0 atom stereocenters. The molecule has 2 aliphatic rings. The molecule has 1 fully saturated rings. The third-order valence-corrected chi connectivity index (χ3v) is 6.14. The van der Waals surface area contributed by atoms with Gasteiger partial charge in [-0.3, -0.25) is 19.1 Å². The van der Waals surface area contributed by atoms with Gasteiger partial charge in [0.25, 0.3) is 11.5 Å². The van der Waals surface area contributed by atoms with Crippen molar-refractivity contribution in [2.75, 3.05) is 26.2 Å². The molecule has 28 heavy (non-hydrogen) atoms. The van der Waals surface area contributed by atoms with Crippen LogP contribution in [0.1, 0.15) is 55.7 Å². The fraction of sp³-hybridized carbons (Fsp3) is 0.591. The van der Waals surface area contributed by atoms with E-state index in [1.807, 2.05) is 15.5 Å². The lowest BCUT2D eigenvalue weighted by molar-refractivity contribution is 0.0762. The Bertz CT molecular complexity index is 926. The maximum absolute atomic E-state index is 13.0. The van der Waals surface area contributed by atoms with E-state index in [0.29, 0.717) is 29.1 Å². The Kier molecular flexibility index (Phi) is 5.49. The Labute approximate surface area is 166 Å². The lowest BCUT2D eigenvalue weighted by Crippen LogP contribution is -2.34. The van der Waals surface area contributed by atoms with Gasteiger partial charge in [-0.05, 0) is 44.9 Å². The van der Waals surface area contributed by atoms with Crippen molar-refractivity contribution in [3.05, 3.63) is 39.9 Å². The van der Waals surface area contributed by atoms with Gasteiger partial charge < -0.3 is 4.90 Å². The first kappa shape index (κ1) is 19.1. The maximum atomic E-state index is 13.0. The largest absolute Gasteiger partial charge is 0.339 e. The van der Waals surface area contributed by atoms with Crippen LogP contribution < -0.4 is 5.56 Å². The summed E-state index contributed by atoms with van der Waals surface area (Å²) in [4.78, 5) is 35.1. The Balaban J connectivity index is 1.67. The molecule has 0 aliphatic carbocycles. The van der Waals surface area contributed by atoms with Crippen molar-refractivity contribution < 1.29 is 4.79 Å². The van der Waals surface area contributed by atoms with E-state index in [0.717, 1.165) is 51.3 Å². The number of carbonyl (C=O) groups excluding carboxylic acids is 1. The predicted molar refractivity (Wildman–Crippen MR) is 111 cm³/mol. The number of hydrogen-bond acceptors (Lipinski definition) is 4. The maximum Gasteiger partial charge on any atom is 0.261 e. The second kappa shape index (κ2) is 8.03. The average Bonchev–Trinajstić information content (AvgIpc) is 3.08. The molecule has 3 heterocycles. The summed E-state index contributed by atoms with van der Waals surface area (Å²) in [6.45, 7) is 8.45. The summed E-state index contributed by atoms with van der Waals surface area (Å²) < 4.78 is 1.82. The molecule has 150 valence electrons. The minimum atomic E-state index is 0.0133. The molecule has 1 amide bonds. The molecule has 0 spiro atoms. The van der Waals surface area contributed by atoms with Crippen molar-refractivity contribution in [2.45, 2.75) is 58.5 Å². The second-order valence-corrected chi connectivity index (χ2v) is 8.30. The van der Waals surface area contributed by atoms with Gasteiger partial charge in [0.2, 0.25) is 0 Å². The Hall–Kier alpha value is -2.21. The van der Waals surface area contributed by atoms with Crippen LogP contribution in [0.25, 0.3) is 10.9 Å². The van der Waals surface area contributed by atoms with E-state index in [9.17, 15) is 9.59 Å². The summed E-state index contributed by atoms with van der Waals surface area (Å²) in [6.07, 6.45) is 5.28. The lowest BCUT2D eigenvalue weighted by atomic mass is 10.1. The molecule has 2 aromatic rings. The van der Waals surface area contributed by atoms with Gasteiger partial charge in [-0.15, -0.1) is 0 Å². The first-order valence-corrected chi connectivity index (χ1v) is 10.6. The molecule has 0 unspecified atom stereocenters. The van der Waals surface area contributed by atoms with Crippen LogP contribution in [0.15, 0.2) is 23.0 Å². The number of likely N-dealkylation sites (tertiary alicyclic amines) is 1. The van der Waals surface area contributed by atoms with Gasteiger partial charge in [-0.2, -0.15) is 0 Å². The number of nitrogens with zero attached hydrogens (tertiary/aromatic N) is 4. The van der Waals surface area contributed by atoms with E-state index >= 15 is 0 Å². The Morgan fingerprint density at radius 2 is 1.75 bits per heavy atom. The van der Waals surface area contributed by atoms with Crippen molar-refractivity contribution in [2.24, 2.45) is 0 Å². The highest BCUT2D eigenvalue weighted by molar-refractivity contribution is 5.97. The zero-order chi connectivity index (χ0) is 19.7. The van der Waals surface area contributed by atoms with Crippen molar-refractivity contribution in [1.29, 1.82) is 0 Å². The van der Waals surface area contributed by atoms with Crippen LogP contribution in [0.4, 0.5) is 0 Å². The molecule has 6 nitrogen and oxygen atoms in total. The molecule has 0 radical (unpaired) electrons. The molecule has 1 aromatic carbocycles. The van der Waals surface area contributed by atoms with Crippen LogP contribution in [-0.2, 0) is 13.0 Å². The van der Waals surface area contributed by atoms with Crippen LogP contribution in [0.3, 0.4) is 0 Å². The first-order valence-electron chi connectivity index (χ1n) is 10.6. The van der Waals surface area contributed by atoms with Gasteiger partial charge in [0.15, 0.2) is 0 Å². The quantitative estimate of drug-likeness (QED) is 0.801. The Morgan fingerprint density at radius 1 is 1.00 bits per heavy atom. The highest BCUT2D eigenvalue weighted by atomic mass is 16.2. The van der Waals surface area contributed by atoms with E-state index in [1.54, 1.807) is 12.1 Å². The van der Waals surface area contributed by atoms with Crippen LogP contribution >= 0.6 is 0 Å². The average molecular weight is 383 g/mol. The Morgan fingerprint density at radius 3 is 2.46 bits per heavy atom. The zero-order valence-corrected chi connectivity index (χ0v) is 17.0. The number of carbonyl (C=O) groups is 1. The molecular weight excluding hydrogens is 352 g/mol. The normalized spacial score (nSPS) is 18.8. The van der Waals surface area contributed by atoms with Gasteiger partial charge in [0.1, 0.15) is 5.82 Å². The molecule has 2 aliphatic heterocycles. The standard InChI is InChI=1S/C22H30N4O2/c1-16(2)24-12-9-20-23-19-15-17(21(27)25-10-5-3-4-6-11-25)7-8-18(19)22(28)26(20)14-13-24/h7-8,15-16H,3-6,9-14H2,1-2H3. The minimum Gasteiger partial charge on any atom is -0.339 e. The van der Waals surface area contributed by atoms with E-state index < -0.39 is 0 Å². The van der Waals surface area contributed by atoms with Gasteiger partial charge in [0.05, 0.1) is 10.9 Å². The summed E-state index contributed by atoms with van der Waals surface area (Å²) in [6, 6.07) is 5.85. The summed E-state index contributed by atoms with van der Waals surface area (Å²) in [7, 11) is 0. The third-order valence-electron chi connectivity index (χ3n) is 6.14. The van der Waals surface area contributed by atoms with Crippen LogP contribution in [-0.4, -0.2) is 57.5 Å². The van der Waals surface area contributed by atoms with E-state index in [1.165, 1.54) is 12.8 Å². The molecular formula is C22H30N4O2. The molecule has 4 rings (SSSR count). The summed E-state index contributed by atoms with van der Waals surface area (Å²) >= 11 is 0. The van der Waals surface area contributed by atoms with Crippen LogP contribution in [0, 0.1) is 0 Å². The zero-order valence-electron chi connectivity index (χ0n) is 17.0. The van der Waals surface area contributed by atoms with Crippen LogP contribution in [0.5, 0.6) is 0 Å². The van der Waals surface area contributed by atoms with Crippen molar-refractivity contribution in [1.82, 2.24) is 19.4 Å². The SMILES string of the molecule is CC(C)N1CCc2nc3cc(C(=O)N4CCCCCC4)ccc3c(=O)n2CC1. The van der Waals surface area contributed by atoms with E-state index in [2.05, 4.69) is 18.7 Å². The molecule has 0 N–H and O–H groups in total. The molecule has 0 saturated carbocycles. The molecule has 1 aromatic heterocycles. The smallest absolute Gasteiger partial charge is 0.261 e. The van der Waals surface area contributed by atoms with Gasteiger partial charge in [-0.25, -0.2) is 4.98 Å². The number of aromatic nitrogens is 2. The highest BCUT2D eigenvalue weighted by Crippen LogP contribution is 2.18. The summed E-state index contributed by atoms with van der Waals surface area (Å²) in [5, 5.41) is 0.606. The molecule has 0 bridgehead atoms. The number of benzene rings is 1. The highest BCUT2D eigenvalue weighted by Gasteiger charge is 2.21. The van der Waals surface area contributed by atoms with E-state index in [-0.39, 0.29) is 11.5 Å². The van der Waals surface area contributed by atoms with E-state index in [4.69, 9.17) is 4.98 Å². The summed E-state index contributed by atoms with van der Waals surface area (Å²) in [5.74, 6) is 0.895. The lowest BCUT2D eigenvalue weighted by Gasteiger charge is -2.23. The second-order valence-electron chi connectivity index (χ2n) is 8.30. The topological polar surface area (TPSA) is 58.4 Å². The summed E-state index contributed by atoms with van der Waals surface area (Å²) in [5.41, 5.74) is 1.30. The number of rotatable bonds is 2.